The number of nitrogens with one attached hydrogen (secondary N) is 1. The van der Waals surface area contributed by atoms with Crippen molar-refractivity contribution >= 4 is 27.4 Å². The van der Waals surface area contributed by atoms with Crippen LogP contribution in [0.15, 0.2) is 28.7 Å². The van der Waals surface area contributed by atoms with Crippen molar-refractivity contribution in [1.29, 1.82) is 0 Å². The highest BCUT2D eigenvalue weighted by Gasteiger charge is 2.09. The number of ketones is 1. The smallest absolute Gasteiger partial charge is 0.137 e. The van der Waals surface area contributed by atoms with E-state index in [0.29, 0.717) is 18.7 Å². The van der Waals surface area contributed by atoms with Gasteiger partial charge in [-0.2, -0.15) is 0 Å². The van der Waals surface area contributed by atoms with Gasteiger partial charge in [-0.3, -0.25) is 4.79 Å². The molecule has 1 rings (SSSR count). The van der Waals surface area contributed by atoms with Crippen LogP contribution in [-0.4, -0.2) is 12.3 Å². The Morgan fingerprint density at radius 2 is 2.00 bits per heavy atom. The van der Waals surface area contributed by atoms with Crippen LogP contribution in [-0.2, 0) is 4.79 Å². The summed E-state index contributed by atoms with van der Waals surface area (Å²) in [6, 6.07) is 7.95. The summed E-state index contributed by atoms with van der Waals surface area (Å²) in [5.74, 6) is 0.387. The van der Waals surface area contributed by atoms with E-state index in [1.165, 1.54) is 0 Å². The summed E-state index contributed by atoms with van der Waals surface area (Å²) >= 11 is 3.38. The second kappa shape index (κ2) is 5.91. The van der Waals surface area contributed by atoms with Gasteiger partial charge in [0.25, 0.3) is 0 Å². The Morgan fingerprint density at radius 3 is 2.53 bits per heavy atom. The molecule has 1 unspecified atom stereocenters. The summed E-state index contributed by atoms with van der Waals surface area (Å²) in [5, 5.41) is 3.25. The van der Waals surface area contributed by atoms with Gasteiger partial charge in [-0.05, 0) is 24.3 Å². The first-order valence-corrected chi connectivity index (χ1v) is 5.95. The minimum Gasteiger partial charge on any atom is -0.384 e. The summed E-state index contributed by atoms with van der Waals surface area (Å²) < 4.78 is 1.06. The lowest BCUT2D eigenvalue weighted by molar-refractivity contribution is -0.121. The number of rotatable bonds is 5. The topological polar surface area (TPSA) is 29.1 Å². The highest BCUT2D eigenvalue weighted by molar-refractivity contribution is 9.10. The van der Waals surface area contributed by atoms with Crippen LogP contribution < -0.4 is 5.32 Å². The fourth-order valence-electron chi connectivity index (χ4n) is 1.30. The SMILES string of the molecule is CCC(=O)C(C)CNc1ccc(Br)cc1. The fourth-order valence-corrected chi connectivity index (χ4v) is 1.57. The zero-order valence-electron chi connectivity index (χ0n) is 9.09. The van der Waals surface area contributed by atoms with E-state index in [2.05, 4.69) is 21.2 Å². The van der Waals surface area contributed by atoms with Crippen LogP contribution in [0.2, 0.25) is 0 Å². The number of Topliss-reactive ketones (excluding diaryl/α,β-unsaturated/α-hetero) is 1. The molecule has 0 heterocycles. The fraction of sp³-hybridized carbons (Fsp3) is 0.417. The zero-order chi connectivity index (χ0) is 11.3. The summed E-state index contributed by atoms with van der Waals surface area (Å²) in [4.78, 5) is 11.3. The number of hydrogen-bond acceptors (Lipinski definition) is 2. The minimum absolute atomic E-state index is 0.0821. The van der Waals surface area contributed by atoms with Crippen LogP contribution in [0.1, 0.15) is 20.3 Å². The van der Waals surface area contributed by atoms with Gasteiger partial charge in [0.1, 0.15) is 5.78 Å². The van der Waals surface area contributed by atoms with Crippen molar-refractivity contribution in [2.75, 3.05) is 11.9 Å². The van der Waals surface area contributed by atoms with Crippen LogP contribution in [0.5, 0.6) is 0 Å². The third-order valence-electron chi connectivity index (χ3n) is 2.35. The van der Waals surface area contributed by atoms with Crippen molar-refractivity contribution in [2.45, 2.75) is 20.3 Å². The van der Waals surface area contributed by atoms with Crippen LogP contribution in [0.25, 0.3) is 0 Å². The van der Waals surface area contributed by atoms with Gasteiger partial charge >= 0.3 is 0 Å². The van der Waals surface area contributed by atoms with E-state index in [-0.39, 0.29) is 5.92 Å². The van der Waals surface area contributed by atoms with Crippen molar-refractivity contribution in [3.05, 3.63) is 28.7 Å². The van der Waals surface area contributed by atoms with E-state index >= 15 is 0 Å². The highest BCUT2D eigenvalue weighted by Crippen LogP contribution is 2.14. The predicted octanol–water partition coefficient (Wildman–Crippen LogP) is 3.48. The van der Waals surface area contributed by atoms with Crippen LogP contribution >= 0.6 is 15.9 Å². The summed E-state index contributed by atoms with van der Waals surface area (Å²) in [6.45, 7) is 4.56. The van der Waals surface area contributed by atoms with Gasteiger partial charge in [-0.15, -0.1) is 0 Å². The van der Waals surface area contributed by atoms with Crippen LogP contribution in [0.3, 0.4) is 0 Å². The Kier molecular flexibility index (Phi) is 4.82. The molecule has 0 radical (unpaired) electrons. The van der Waals surface area contributed by atoms with Crippen molar-refractivity contribution in [3.63, 3.8) is 0 Å². The lowest BCUT2D eigenvalue weighted by Gasteiger charge is -2.11. The zero-order valence-corrected chi connectivity index (χ0v) is 10.7. The molecule has 0 aliphatic heterocycles. The Balaban J connectivity index is 2.43. The first-order valence-electron chi connectivity index (χ1n) is 5.15. The molecule has 0 bridgehead atoms. The number of carbonyl (C=O) groups excluding carboxylic acids is 1. The predicted molar refractivity (Wildman–Crippen MR) is 67.1 cm³/mol. The van der Waals surface area contributed by atoms with Crippen molar-refractivity contribution < 1.29 is 4.79 Å². The van der Waals surface area contributed by atoms with Crippen molar-refractivity contribution in [2.24, 2.45) is 5.92 Å². The molecule has 15 heavy (non-hydrogen) atoms. The average molecular weight is 270 g/mol. The molecular formula is C12H16BrNO. The molecule has 0 aromatic heterocycles. The molecule has 0 aliphatic rings. The highest BCUT2D eigenvalue weighted by atomic mass is 79.9. The third kappa shape index (κ3) is 4.04. The van der Waals surface area contributed by atoms with E-state index in [9.17, 15) is 4.79 Å². The molecule has 0 fully saturated rings. The number of halogens is 1. The molecule has 3 heteroatoms. The van der Waals surface area contributed by atoms with Gasteiger partial charge in [0.2, 0.25) is 0 Å². The van der Waals surface area contributed by atoms with E-state index in [1.54, 1.807) is 0 Å². The summed E-state index contributed by atoms with van der Waals surface area (Å²) in [7, 11) is 0. The van der Waals surface area contributed by atoms with Gasteiger partial charge < -0.3 is 5.32 Å². The average Bonchev–Trinajstić information content (AvgIpc) is 2.26. The Hall–Kier alpha value is -0.830. The van der Waals surface area contributed by atoms with Crippen LogP contribution in [0.4, 0.5) is 5.69 Å². The Bertz CT molecular complexity index is 321. The number of hydrogen-bond donors (Lipinski definition) is 1. The molecule has 0 aliphatic carbocycles. The maximum atomic E-state index is 11.3. The first-order chi connectivity index (χ1) is 7.13. The molecule has 0 spiro atoms. The van der Waals surface area contributed by atoms with Gasteiger partial charge in [0, 0.05) is 29.0 Å². The monoisotopic (exact) mass is 269 g/mol. The standard InChI is InChI=1S/C12H16BrNO/c1-3-12(15)9(2)8-14-11-6-4-10(13)5-7-11/h4-7,9,14H,3,8H2,1-2H3. The van der Waals surface area contributed by atoms with E-state index in [1.807, 2.05) is 38.1 Å². The molecule has 0 saturated heterocycles. The molecular weight excluding hydrogens is 254 g/mol. The molecule has 1 aromatic carbocycles. The molecule has 1 atom stereocenters. The largest absolute Gasteiger partial charge is 0.384 e. The van der Waals surface area contributed by atoms with Gasteiger partial charge in [-0.25, -0.2) is 0 Å². The third-order valence-corrected chi connectivity index (χ3v) is 2.88. The van der Waals surface area contributed by atoms with Gasteiger partial charge in [0.05, 0.1) is 0 Å². The number of anilines is 1. The first kappa shape index (κ1) is 12.2. The van der Waals surface area contributed by atoms with Crippen LogP contribution in [0, 0.1) is 5.92 Å². The maximum absolute atomic E-state index is 11.3. The molecule has 1 N–H and O–H groups in total. The summed E-state index contributed by atoms with van der Waals surface area (Å²) in [5.41, 5.74) is 1.05. The van der Waals surface area contributed by atoms with Crippen molar-refractivity contribution in [1.82, 2.24) is 0 Å². The quantitative estimate of drug-likeness (QED) is 0.887. The lowest BCUT2D eigenvalue weighted by Crippen LogP contribution is -2.19. The minimum atomic E-state index is 0.0821. The molecule has 2 nitrogen and oxygen atoms in total. The molecule has 0 amide bonds. The second-order valence-corrected chi connectivity index (χ2v) is 4.52. The van der Waals surface area contributed by atoms with Crippen molar-refractivity contribution in [3.8, 4) is 0 Å². The molecule has 1 aromatic rings. The normalized spacial score (nSPS) is 12.2. The van der Waals surface area contributed by atoms with Gasteiger partial charge in [0.15, 0.2) is 0 Å². The van der Waals surface area contributed by atoms with E-state index in [0.717, 1.165) is 10.2 Å². The lowest BCUT2D eigenvalue weighted by atomic mass is 10.0. The Labute approximate surface area is 99.2 Å². The van der Waals surface area contributed by atoms with E-state index in [4.69, 9.17) is 0 Å². The molecule has 82 valence electrons. The number of benzene rings is 1. The van der Waals surface area contributed by atoms with E-state index < -0.39 is 0 Å². The Morgan fingerprint density at radius 1 is 1.40 bits per heavy atom. The van der Waals surface area contributed by atoms with Gasteiger partial charge in [-0.1, -0.05) is 29.8 Å². The number of carbonyl (C=O) groups is 1. The second-order valence-electron chi connectivity index (χ2n) is 3.61. The summed E-state index contributed by atoms with van der Waals surface area (Å²) in [6.07, 6.45) is 0.614. The molecule has 0 saturated carbocycles. The maximum Gasteiger partial charge on any atom is 0.137 e.